The number of hydrogen-bond acceptors (Lipinski definition) is 0. The Bertz CT molecular complexity index is 80.6. The van der Waals surface area contributed by atoms with Gasteiger partial charge in [-0.15, -0.1) is 0 Å². The van der Waals surface area contributed by atoms with E-state index in [2.05, 4.69) is 19.6 Å². The lowest BCUT2D eigenvalue weighted by Crippen LogP contribution is -2.65. The molecular formula is C8H18N+. The van der Waals surface area contributed by atoms with Gasteiger partial charge in [-0.3, -0.25) is 0 Å². The summed E-state index contributed by atoms with van der Waals surface area (Å²) >= 11 is 0. The van der Waals surface area contributed by atoms with Gasteiger partial charge in [0.25, 0.3) is 0 Å². The summed E-state index contributed by atoms with van der Waals surface area (Å²) < 4.78 is 0. The highest BCUT2D eigenvalue weighted by Crippen LogP contribution is 2.26. The molecule has 0 aliphatic heterocycles. The molecule has 1 aliphatic rings. The van der Waals surface area contributed by atoms with Crippen LogP contribution in [0.3, 0.4) is 0 Å². The first-order valence-corrected chi connectivity index (χ1v) is 4.05. The van der Waals surface area contributed by atoms with Gasteiger partial charge in [-0.1, -0.05) is 13.8 Å². The van der Waals surface area contributed by atoms with Crippen LogP contribution in [0.1, 0.15) is 33.1 Å². The first-order valence-electron chi connectivity index (χ1n) is 4.05. The van der Waals surface area contributed by atoms with E-state index in [1.54, 1.807) is 0 Å². The molecule has 0 aromatic carbocycles. The summed E-state index contributed by atoms with van der Waals surface area (Å²) in [6.07, 6.45) is 4.18. The molecule has 1 aliphatic carbocycles. The molecule has 3 N–H and O–H groups in total. The average molecular weight is 128 g/mol. The Labute approximate surface area is 57.6 Å². The minimum Gasteiger partial charge on any atom is -0.355 e. The van der Waals surface area contributed by atoms with Crippen LogP contribution in [0.5, 0.6) is 0 Å². The van der Waals surface area contributed by atoms with Crippen LogP contribution < -0.4 is 5.73 Å². The molecule has 9 heavy (non-hydrogen) atoms. The van der Waals surface area contributed by atoms with Crippen molar-refractivity contribution in [2.75, 3.05) is 0 Å². The molecule has 1 nitrogen and oxygen atoms in total. The average Bonchev–Trinajstić information content (AvgIpc) is 1.83. The molecule has 0 saturated heterocycles. The third-order valence-corrected chi connectivity index (χ3v) is 2.88. The van der Waals surface area contributed by atoms with Crippen molar-refractivity contribution in [1.29, 1.82) is 0 Å². The molecule has 1 rings (SSSR count). The first kappa shape index (κ1) is 7.07. The summed E-state index contributed by atoms with van der Waals surface area (Å²) in [5.41, 5.74) is 4.13. The van der Waals surface area contributed by atoms with Crippen molar-refractivity contribution in [2.45, 2.75) is 39.2 Å². The Hall–Kier alpha value is -0.0400. The molecule has 0 amide bonds. The van der Waals surface area contributed by atoms with Crippen molar-refractivity contribution in [3.8, 4) is 0 Å². The zero-order chi connectivity index (χ0) is 6.85. The molecule has 3 atom stereocenters. The maximum absolute atomic E-state index is 4.13. The van der Waals surface area contributed by atoms with Crippen LogP contribution in [0.2, 0.25) is 0 Å². The number of quaternary nitrogens is 1. The van der Waals surface area contributed by atoms with E-state index in [9.17, 15) is 0 Å². The monoisotopic (exact) mass is 128 g/mol. The fraction of sp³-hybridized carbons (Fsp3) is 1.00. The molecule has 0 aromatic heterocycles. The van der Waals surface area contributed by atoms with E-state index in [1.807, 2.05) is 0 Å². The Morgan fingerprint density at radius 1 is 1.22 bits per heavy atom. The van der Waals surface area contributed by atoms with E-state index in [4.69, 9.17) is 0 Å². The minimum absolute atomic E-state index is 0.730. The Kier molecular flexibility index (Phi) is 2.12. The summed E-state index contributed by atoms with van der Waals surface area (Å²) in [5, 5.41) is 0. The third-order valence-electron chi connectivity index (χ3n) is 2.88. The van der Waals surface area contributed by atoms with Gasteiger partial charge in [0, 0.05) is 5.92 Å². The van der Waals surface area contributed by atoms with Gasteiger partial charge >= 0.3 is 0 Å². The fourth-order valence-electron chi connectivity index (χ4n) is 1.69. The van der Waals surface area contributed by atoms with Gasteiger partial charge in [0.2, 0.25) is 0 Å². The molecule has 0 spiro atoms. The van der Waals surface area contributed by atoms with E-state index in [1.165, 1.54) is 19.3 Å². The van der Waals surface area contributed by atoms with Crippen LogP contribution in [0, 0.1) is 11.8 Å². The normalized spacial score (nSPS) is 45.0. The van der Waals surface area contributed by atoms with Gasteiger partial charge in [0.1, 0.15) is 0 Å². The molecule has 0 heterocycles. The topological polar surface area (TPSA) is 27.6 Å². The lowest BCUT2D eigenvalue weighted by Gasteiger charge is -2.28. The highest BCUT2D eigenvalue weighted by Gasteiger charge is 2.26. The molecule has 1 heteroatoms. The number of rotatable bonds is 0. The van der Waals surface area contributed by atoms with Crippen LogP contribution in [0.25, 0.3) is 0 Å². The van der Waals surface area contributed by atoms with Gasteiger partial charge in [-0.2, -0.15) is 0 Å². The maximum atomic E-state index is 4.13. The maximum Gasteiger partial charge on any atom is 0.0871 e. The number of hydrogen-bond donors (Lipinski definition) is 1. The molecule has 0 aromatic rings. The summed E-state index contributed by atoms with van der Waals surface area (Å²) in [6, 6.07) is 0.730. The summed E-state index contributed by atoms with van der Waals surface area (Å²) in [4.78, 5) is 0. The SMILES string of the molecule is C[C@H]1[C@H]([NH3+])CCC[C@@H]1C. The van der Waals surface area contributed by atoms with Gasteiger partial charge in [0.15, 0.2) is 0 Å². The predicted octanol–water partition coefficient (Wildman–Crippen LogP) is 1.05. The van der Waals surface area contributed by atoms with Crippen LogP contribution in [0.4, 0.5) is 0 Å². The van der Waals surface area contributed by atoms with Crippen LogP contribution in [0.15, 0.2) is 0 Å². The van der Waals surface area contributed by atoms with E-state index in [-0.39, 0.29) is 0 Å². The van der Waals surface area contributed by atoms with Crippen molar-refractivity contribution in [3.63, 3.8) is 0 Å². The molecular weight excluding hydrogens is 110 g/mol. The second kappa shape index (κ2) is 2.70. The minimum atomic E-state index is 0.730. The van der Waals surface area contributed by atoms with Crippen molar-refractivity contribution >= 4 is 0 Å². The highest BCUT2D eigenvalue weighted by molar-refractivity contribution is 4.74. The third kappa shape index (κ3) is 1.45. The van der Waals surface area contributed by atoms with Crippen molar-refractivity contribution < 1.29 is 5.73 Å². The quantitative estimate of drug-likeness (QED) is 0.505. The Morgan fingerprint density at radius 3 is 2.33 bits per heavy atom. The zero-order valence-corrected chi connectivity index (χ0v) is 6.56. The van der Waals surface area contributed by atoms with Crippen LogP contribution >= 0.6 is 0 Å². The van der Waals surface area contributed by atoms with Gasteiger partial charge in [0.05, 0.1) is 6.04 Å². The molecule has 0 bridgehead atoms. The lowest BCUT2D eigenvalue weighted by molar-refractivity contribution is -0.440. The largest absolute Gasteiger partial charge is 0.355 e. The second-order valence-electron chi connectivity index (χ2n) is 3.53. The van der Waals surface area contributed by atoms with Crippen molar-refractivity contribution in [1.82, 2.24) is 0 Å². The Balaban J connectivity index is 2.41. The fourth-order valence-corrected chi connectivity index (χ4v) is 1.69. The van der Waals surface area contributed by atoms with E-state index in [0.717, 1.165) is 17.9 Å². The van der Waals surface area contributed by atoms with Gasteiger partial charge in [-0.05, 0) is 25.2 Å². The summed E-state index contributed by atoms with van der Waals surface area (Å²) in [5.74, 6) is 1.78. The van der Waals surface area contributed by atoms with E-state index in [0.29, 0.717) is 0 Å². The molecule has 0 unspecified atom stereocenters. The predicted molar refractivity (Wildman–Crippen MR) is 38.9 cm³/mol. The van der Waals surface area contributed by atoms with E-state index >= 15 is 0 Å². The molecule has 0 radical (unpaired) electrons. The van der Waals surface area contributed by atoms with E-state index < -0.39 is 0 Å². The highest BCUT2D eigenvalue weighted by atomic mass is 14.7. The standard InChI is InChI=1S/C8H17N/c1-6-4-3-5-8(9)7(6)2/h6-8H,3-5,9H2,1-2H3/p+1/t6-,7+,8+/m0/s1. The van der Waals surface area contributed by atoms with Crippen LogP contribution in [-0.2, 0) is 0 Å². The Morgan fingerprint density at radius 2 is 1.89 bits per heavy atom. The molecule has 1 saturated carbocycles. The smallest absolute Gasteiger partial charge is 0.0871 e. The van der Waals surface area contributed by atoms with Crippen molar-refractivity contribution in [2.24, 2.45) is 11.8 Å². The van der Waals surface area contributed by atoms with Crippen LogP contribution in [-0.4, -0.2) is 6.04 Å². The summed E-state index contributed by atoms with van der Waals surface area (Å²) in [7, 11) is 0. The lowest BCUT2D eigenvalue weighted by atomic mass is 9.78. The summed E-state index contributed by atoms with van der Waals surface area (Å²) in [6.45, 7) is 4.68. The molecule has 54 valence electrons. The van der Waals surface area contributed by atoms with Gasteiger partial charge in [-0.25, -0.2) is 0 Å². The second-order valence-corrected chi connectivity index (χ2v) is 3.53. The molecule has 1 fully saturated rings. The van der Waals surface area contributed by atoms with Crippen molar-refractivity contribution in [3.05, 3.63) is 0 Å². The zero-order valence-electron chi connectivity index (χ0n) is 6.56. The first-order chi connectivity index (χ1) is 4.22. The van der Waals surface area contributed by atoms with Gasteiger partial charge < -0.3 is 5.73 Å².